The van der Waals surface area contributed by atoms with Crippen molar-refractivity contribution in [2.24, 2.45) is 0 Å². The Hall–Kier alpha value is -2.21. The maximum Gasteiger partial charge on any atom is 0.357 e. The van der Waals surface area contributed by atoms with Crippen molar-refractivity contribution in [2.75, 3.05) is 7.11 Å². The summed E-state index contributed by atoms with van der Waals surface area (Å²) in [6.45, 7) is 6.92. The fraction of sp³-hybridized carbons (Fsp3) is 0.522. The third-order valence-electron chi connectivity index (χ3n) is 5.53. The first-order valence-electron chi connectivity index (χ1n) is 10.2. The smallest absolute Gasteiger partial charge is 0.357 e. The number of benzene rings is 1. The van der Waals surface area contributed by atoms with Gasteiger partial charge in [0.1, 0.15) is 5.01 Å². The molecule has 1 aliphatic rings. The molecule has 1 saturated carbocycles. The van der Waals surface area contributed by atoms with E-state index in [-0.39, 0.29) is 17.4 Å². The Labute approximate surface area is 177 Å². The van der Waals surface area contributed by atoms with Crippen LogP contribution in [0.3, 0.4) is 0 Å². The van der Waals surface area contributed by atoms with Crippen molar-refractivity contribution in [3.05, 3.63) is 51.5 Å². The lowest BCUT2D eigenvalue weighted by atomic mass is 9.86. The van der Waals surface area contributed by atoms with Gasteiger partial charge in [-0.25, -0.2) is 9.78 Å². The summed E-state index contributed by atoms with van der Waals surface area (Å²) >= 11 is 1.40. The predicted molar refractivity (Wildman–Crippen MR) is 115 cm³/mol. The molecule has 1 aromatic carbocycles. The monoisotopic (exact) mass is 414 g/mol. The molecule has 6 heteroatoms. The summed E-state index contributed by atoms with van der Waals surface area (Å²) in [6.07, 6.45) is 5.54. The Morgan fingerprint density at radius 1 is 1.14 bits per heavy atom. The van der Waals surface area contributed by atoms with Crippen LogP contribution in [0, 0.1) is 0 Å². The van der Waals surface area contributed by atoms with Crippen LogP contribution in [0.2, 0.25) is 0 Å². The zero-order valence-electron chi connectivity index (χ0n) is 17.7. The zero-order chi connectivity index (χ0) is 21.0. The van der Waals surface area contributed by atoms with Crippen LogP contribution in [-0.4, -0.2) is 34.9 Å². The third kappa shape index (κ3) is 5.24. The van der Waals surface area contributed by atoms with E-state index in [9.17, 15) is 9.59 Å². The molecular formula is C23H30N2O3S. The summed E-state index contributed by atoms with van der Waals surface area (Å²) in [7, 11) is 1.35. The van der Waals surface area contributed by atoms with Crippen molar-refractivity contribution in [3.8, 4) is 0 Å². The number of amides is 1. The van der Waals surface area contributed by atoms with Gasteiger partial charge in [0, 0.05) is 17.0 Å². The fourth-order valence-corrected chi connectivity index (χ4v) is 4.53. The summed E-state index contributed by atoms with van der Waals surface area (Å²) in [6, 6.07) is 8.17. The molecule has 0 atom stereocenters. The second-order valence-electron chi connectivity index (χ2n) is 8.67. The quantitative estimate of drug-likeness (QED) is 0.631. The Morgan fingerprint density at radius 2 is 1.79 bits per heavy atom. The van der Waals surface area contributed by atoms with Gasteiger partial charge >= 0.3 is 5.97 Å². The fourth-order valence-electron chi connectivity index (χ4n) is 3.77. The molecule has 0 spiro atoms. The number of nitrogens with zero attached hydrogens (tertiary/aromatic N) is 2. The minimum atomic E-state index is -0.444. The Morgan fingerprint density at radius 3 is 2.38 bits per heavy atom. The normalized spacial score (nSPS) is 15.2. The van der Waals surface area contributed by atoms with E-state index in [0.29, 0.717) is 17.8 Å². The van der Waals surface area contributed by atoms with Crippen LogP contribution < -0.4 is 0 Å². The largest absolute Gasteiger partial charge is 0.464 e. The molecule has 0 unspecified atom stereocenters. The summed E-state index contributed by atoms with van der Waals surface area (Å²) in [5, 5.41) is 2.46. The number of carbonyl (C=O) groups is 2. The van der Waals surface area contributed by atoms with E-state index in [1.54, 1.807) is 5.38 Å². The number of thiazole rings is 1. The lowest BCUT2D eigenvalue weighted by molar-refractivity contribution is 0.0594. The maximum absolute atomic E-state index is 13.4. The van der Waals surface area contributed by atoms with Crippen LogP contribution in [0.25, 0.3) is 0 Å². The number of ether oxygens (including phenoxy) is 1. The summed E-state index contributed by atoms with van der Waals surface area (Å²) < 4.78 is 4.75. The average molecular weight is 415 g/mol. The van der Waals surface area contributed by atoms with Gasteiger partial charge in [-0.1, -0.05) is 52.2 Å². The molecule has 3 rings (SSSR count). The molecule has 0 N–H and O–H groups in total. The van der Waals surface area contributed by atoms with Crippen LogP contribution in [0.1, 0.15) is 84.3 Å². The molecule has 0 saturated heterocycles. The maximum atomic E-state index is 13.4. The van der Waals surface area contributed by atoms with Gasteiger partial charge in [-0.3, -0.25) is 4.79 Å². The van der Waals surface area contributed by atoms with Crippen LogP contribution in [0.4, 0.5) is 0 Å². The highest BCUT2D eigenvalue weighted by molar-refractivity contribution is 7.09. The number of rotatable bonds is 5. The molecule has 0 aliphatic heterocycles. The van der Waals surface area contributed by atoms with E-state index in [4.69, 9.17) is 4.74 Å². The summed E-state index contributed by atoms with van der Waals surface area (Å²) in [5.41, 5.74) is 2.27. The van der Waals surface area contributed by atoms with Gasteiger partial charge in [-0.15, -0.1) is 11.3 Å². The van der Waals surface area contributed by atoms with Gasteiger partial charge in [0.25, 0.3) is 5.91 Å². The first-order valence-corrected chi connectivity index (χ1v) is 11.1. The number of carbonyl (C=O) groups excluding carboxylic acids is 2. The van der Waals surface area contributed by atoms with E-state index in [0.717, 1.165) is 30.7 Å². The second kappa shape index (κ2) is 9.08. The molecule has 1 aliphatic carbocycles. The van der Waals surface area contributed by atoms with Crippen molar-refractivity contribution in [1.29, 1.82) is 0 Å². The van der Waals surface area contributed by atoms with Gasteiger partial charge < -0.3 is 9.64 Å². The molecule has 156 valence electrons. The highest BCUT2D eigenvalue weighted by Gasteiger charge is 2.28. The first-order chi connectivity index (χ1) is 13.8. The number of hydrogen-bond acceptors (Lipinski definition) is 5. The first kappa shape index (κ1) is 21.5. The number of esters is 1. The van der Waals surface area contributed by atoms with E-state index >= 15 is 0 Å². The molecule has 5 nitrogen and oxygen atoms in total. The molecule has 0 bridgehead atoms. The number of hydrogen-bond donors (Lipinski definition) is 0. The Bertz CT molecular complexity index is 846. The van der Waals surface area contributed by atoms with Crippen LogP contribution in [0.15, 0.2) is 29.6 Å². The zero-order valence-corrected chi connectivity index (χ0v) is 18.6. The van der Waals surface area contributed by atoms with E-state index < -0.39 is 5.97 Å². The molecule has 29 heavy (non-hydrogen) atoms. The average Bonchev–Trinajstić information content (AvgIpc) is 3.20. The lowest BCUT2D eigenvalue weighted by Gasteiger charge is -2.34. The predicted octanol–water partition coefficient (Wildman–Crippen LogP) is 5.20. The molecule has 1 fully saturated rings. The minimum absolute atomic E-state index is 0.0344. The van der Waals surface area contributed by atoms with E-state index in [1.807, 2.05) is 29.2 Å². The number of methoxy groups -OCH3 is 1. The topological polar surface area (TPSA) is 59.5 Å². The van der Waals surface area contributed by atoms with Crippen LogP contribution in [-0.2, 0) is 16.7 Å². The molecule has 1 amide bonds. The summed E-state index contributed by atoms with van der Waals surface area (Å²) in [5.74, 6) is -0.409. The Kier molecular flexibility index (Phi) is 6.73. The van der Waals surface area contributed by atoms with Crippen molar-refractivity contribution >= 4 is 23.2 Å². The SMILES string of the molecule is COC(=O)c1csc(CN(C(=O)c2ccc(C(C)(C)C)cc2)C2CCCCC2)n1. The lowest BCUT2D eigenvalue weighted by Crippen LogP contribution is -2.41. The van der Waals surface area contributed by atoms with Crippen LogP contribution in [0.5, 0.6) is 0 Å². The van der Waals surface area contributed by atoms with Crippen LogP contribution >= 0.6 is 11.3 Å². The molecular weight excluding hydrogens is 384 g/mol. The molecule has 2 aromatic rings. The van der Waals surface area contributed by atoms with E-state index in [1.165, 1.54) is 30.4 Å². The second-order valence-corrected chi connectivity index (χ2v) is 9.61. The van der Waals surface area contributed by atoms with E-state index in [2.05, 4.69) is 25.8 Å². The highest BCUT2D eigenvalue weighted by Crippen LogP contribution is 2.28. The third-order valence-corrected chi connectivity index (χ3v) is 6.36. The van der Waals surface area contributed by atoms with Gasteiger partial charge in [0.2, 0.25) is 0 Å². The Balaban J connectivity index is 1.83. The van der Waals surface area contributed by atoms with Gasteiger partial charge in [0.15, 0.2) is 5.69 Å². The van der Waals surface area contributed by atoms with Crippen molar-refractivity contribution in [2.45, 2.75) is 70.9 Å². The van der Waals surface area contributed by atoms with Gasteiger partial charge in [0.05, 0.1) is 13.7 Å². The molecule has 0 radical (unpaired) electrons. The van der Waals surface area contributed by atoms with Crippen molar-refractivity contribution in [1.82, 2.24) is 9.88 Å². The summed E-state index contributed by atoms with van der Waals surface area (Å²) in [4.78, 5) is 31.5. The number of aromatic nitrogens is 1. The standard InChI is InChI=1S/C23H30N2O3S/c1-23(2,3)17-12-10-16(11-13-17)21(26)25(18-8-6-5-7-9-18)14-20-24-19(15-29-20)22(27)28-4/h10-13,15,18H,5-9,14H2,1-4H3. The van der Waals surface area contributed by atoms with Crippen molar-refractivity contribution < 1.29 is 14.3 Å². The van der Waals surface area contributed by atoms with Gasteiger partial charge in [-0.2, -0.15) is 0 Å². The van der Waals surface area contributed by atoms with Crippen molar-refractivity contribution in [3.63, 3.8) is 0 Å². The minimum Gasteiger partial charge on any atom is -0.464 e. The van der Waals surface area contributed by atoms with Gasteiger partial charge in [-0.05, 0) is 36.0 Å². The molecule has 1 heterocycles. The molecule has 1 aromatic heterocycles. The highest BCUT2D eigenvalue weighted by atomic mass is 32.1.